The summed E-state index contributed by atoms with van der Waals surface area (Å²) < 4.78 is 19.5. The van der Waals surface area contributed by atoms with Crippen LogP contribution in [0, 0.1) is 6.92 Å². The summed E-state index contributed by atoms with van der Waals surface area (Å²) in [7, 11) is -2.78. The van der Waals surface area contributed by atoms with Gasteiger partial charge in [0.05, 0.1) is 16.9 Å². The van der Waals surface area contributed by atoms with Gasteiger partial charge in [-0.15, -0.1) is 0 Å². The van der Waals surface area contributed by atoms with Crippen LogP contribution in [-0.4, -0.2) is 18.6 Å². The van der Waals surface area contributed by atoms with Crippen molar-refractivity contribution in [2.75, 3.05) is 0 Å². The molecular weight excluding hydrogens is 344 g/mol. The molecule has 142 valence electrons. The van der Waals surface area contributed by atoms with E-state index in [2.05, 4.69) is 34.6 Å². The molecule has 0 aliphatic heterocycles. The van der Waals surface area contributed by atoms with Gasteiger partial charge in [-0.1, -0.05) is 58.2 Å². The van der Waals surface area contributed by atoms with E-state index in [0.29, 0.717) is 0 Å². The van der Waals surface area contributed by atoms with Gasteiger partial charge in [0.1, 0.15) is 0 Å². The maximum absolute atomic E-state index is 12.7. The standard InChI is InChI=1S/C21H36O2SSi/c1-7-11-12-21(23-25(8-2,9-3)10-4)19(6)17-24(22)20-15-13-18(5)14-16-20/h13-17,21H,7-12H2,1-6H3/b19-17-/t21-,24-/m1/s1. The molecule has 1 rings (SSSR count). The lowest BCUT2D eigenvalue weighted by atomic mass is 10.1. The molecule has 0 saturated heterocycles. The first-order valence-corrected chi connectivity index (χ1v) is 13.5. The van der Waals surface area contributed by atoms with Crippen molar-refractivity contribution in [2.45, 2.75) is 89.9 Å². The maximum atomic E-state index is 12.7. The summed E-state index contributed by atoms with van der Waals surface area (Å²) in [6, 6.07) is 11.4. The van der Waals surface area contributed by atoms with Gasteiger partial charge in [-0.2, -0.15) is 0 Å². The Labute approximate surface area is 158 Å². The SMILES string of the molecule is CCCC[C@@H](O[Si](CC)(CC)CC)/C(C)=C\[S@@](=O)c1ccc(C)cc1. The Kier molecular flexibility index (Phi) is 9.91. The molecule has 0 fully saturated rings. The van der Waals surface area contributed by atoms with E-state index in [-0.39, 0.29) is 6.10 Å². The van der Waals surface area contributed by atoms with Gasteiger partial charge >= 0.3 is 0 Å². The smallest absolute Gasteiger partial charge is 0.192 e. The molecule has 0 aliphatic rings. The van der Waals surface area contributed by atoms with Gasteiger partial charge in [-0.25, -0.2) is 4.21 Å². The molecule has 2 atom stereocenters. The van der Waals surface area contributed by atoms with Crippen molar-refractivity contribution in [3.8, 4) is 0 Å². The molecule has 0 aliphatic carbocycles. The van der Waals surface area contributed by atoms with Crippen LogP contribution >= 0.6 is 0 Å². The quantitative estimate of drug-likeness (QED) is 0.405. The zero-order valence-electron chi connectivity index (χ0n) is 16.9. The molecule has 0 N–H and O–H groups in total. The fourth-order valence-corrected chi connectivity index (χ4v) is 6.99. The van der Waals surface area contributed by atoms with Crippen molar-refractivity contribution in [3.63, 3.8) is 0 Å². The summed E-state index contributed by atoms with van der Waals surface area (Å²) in [5.74, 6) is 0. The van der Waals surface area contributed by atoms with Crippen LogP contribution < -0.4 is 0 Å². The second-order valence-corrected chi connectivity index (χ2v) is 13.0. The average Bonchev–Trinajstić information content (AvgIpc) is 2.63. The number of hydrogen-bond donors (Lipinski definition) is 0. The number of rotatable bonds is 11. The molecule has 0 saturated carbocycles. The Morgan fingerprint density at radius 1 is 1.12 bits per heavy atom. The normalized spacial score (nSPS) is 15.2. The highest BCUT2D eigenvalue weighted by Gasteiger charge is 2.32. The second kappa shape index (κ2) is 11.1. The minimum Gasteiger partial charge on any atom is -0.410 e. The molecule has 0 unspecified atom stereocenters. The van der Waals surface area contributed by atoms with Gasteiger partial charge in [0.25, 0.3) is 0 Å². The summed E-state index contributed by atoms with van der Waals surface area (Å²) >= 11 is 0. The van der Waals surface area contributed by atoms with Crippen LogP contribution in [0.25, 0.3) is 0 Å². The predicted molar refractivity (Wildman–Crippen MR) is 113 cm³/mol. The average molecular weight is 381 g/mol. The van der Waals surface area contributed by atoms with Crippen molar-refractivity contribution in [1.29, 1.82) is 0 Å². The first-order chi connectivity index (χ1) is 11.9. The molecular formula is C21H36O2SSi. The second-order valence-electron chi connectivity index (χ2n) is 6.96. The van der Waals surface area contributed by atoms with E-state index in [1.165, 1.54) is 5.56 Å². The van der Waals surface area contributed by atoms with E-state index < -0.39 is 19.1 Å². The molecule has 0 heterocycles. The topological polar surface area (TPSA) is 26.3 Å². The van der Waals surface area contributed by atoms with Crippen LogP contribution in [0.15, 0.2) is 40.1 Å². The molecule has 1 aromatic carbocycles. The van der Waals surface area contributed by atoms with Crippen LogP contribution in [0.1, 0.15) is 59.4 Å². The summed E-state index contributed by atoms with van der Waals surface area (Å²) in [6.07, 6.45) is 3.45. The molecule has 0 spiro atoms. The maximum Gasteiger partial charge on any atom is 0.192 e. The lowest BCUT2D eigenvalue weighted by Gasteiger charge is -2.34. The van der Waals surface area contributed by atoms with Crippen molar-refractivity contribution < 1.29 is 8.63 Å². The van der Waals surface area contributed by atoms with Gasteiger partial charge in [0.2, 0.25) is 0 Å². The van der Waals surface area contributed by atoms with Crippen LogP contribution in [-0.2, 0) is 15.2 Å². The largest absolute Gasteiger partial charge is 0.410 e. The number of benzene rings is 1. The molecule has 2 nitrogen and oxygen atoms in total. The summed E-state index contributed by atoms with van der Waals surface area (Å²) in [5.41, 5.74) is 2.31. The van der Waals surface area contributed by atoms with E-state index in [4.69, 9.17) is 4.43 Å². The third-order valence-electron chi connectivity index (χ3n) is 5.20. The van der Waals surface area contributed by atoms with E-state index in [1.54, 1.807) is 0 Å². The van der Waals surface area contributed by atoms with Gasteiger partial charge < -0.3 is 4.43 Å². The van der Waals surface area contributed by atoms with Crippen molar-refractivity contribution in [1.82, 2.24) is 0 Å². The summed E-state index contributed by atoms with van der Waals surface area (Å²) in [6.45, 7) is 13.1. The van der Waals surface area contributed by atoms with Crippen molar-refractivity contribution >= 4 is 19.1 Å². The first-order valence-electron chi connectivity index (χ1n) is 9.74. The van der Waals surface area contributed by atoms with Crippen LogP contribution in [0.5, 0.6) is 0 Å². The monoisotopic (exact) mass is 380 g/mol. The minimum absolute atomic E-state index is 0.112. The first kappa shape index (κ1) is 22.3. The number of aryl methyl sites for hydroxylation is 1. The number of unbranched alkanes of at least 4 members (excludes halogenated alkanes) is 1. The third kappa shape index (κ3) is 6.84. The van der Waals surface area contributed by atoms with E-state index in [1.807, 2.05) is 36.6 Å². The molecule has 25 heavy (non-hydrogen) atoms. The molecule has 4 heteroatoms. The highest BCUT2D eigenvalue weighted by atomic mass is 32.2. The lowest BCUT2D eigenvalue weighted by Crippen LogP contribution is -2.40. The minimum atomic E-state index is -1.67. The number of hydrogen-bond acceptors (Lipinski definition) is 2. The van der Waals surface area contributed by atoms with Gasteiger partial charge in [-0.3, -0.25) is 0 Å². The van der Waals surface area contributed by atoms with E-state index in [0.717, 1.165) is 47.9 Å². The Balaban J connectivity index is 2.99. The zero-order chi connectivity index (χ0) is 18.9. The van der Waals surface area contributed by atoms with Crippen LogP contribution in [0.2, 0.25) is 18.1 Å². The fourth-order valence-electron chi connectivity index (χ4n) is 3.06. The Morgan fingerprint density at radius 2 is 1.68 bits per heavy atom. The van der Waals surface area contributed by atoms with E-state index >= 15 is 0 Å². The Hall–Kier alpha value is -0.713. The summed E-state index contributed by atoms with van der Waals surface area (Å²) in [4.78, 5) is 0.865. The highest BCUT2D eigenvalue weighted by molar-refractivity contribution is 7.88. The third-order valence-corrected chi connectivity index (χ3v) is 11.2. The lowest BCUT2D eigenvalue weighted by molar-refractivity contribution is 0.207. The van der Waals surface area contributed by atoms with Crippen LogP contribution in [0.4, 0.5) is 0 Å². The predicted octanol–water partition coefficient (Wildman–Crippen LogP) is 6.59. The molecule has 0 bridgehead atoms. The molecule has 0 amide bonds. The summed E-state index contributed by atoms with van der Waals surface area (Å²) in [5, 5.41) is 1.91. The fraction of sp³-hybridized carbons (Fsp3) is 0.619. The van der Waals surface area contributed by atoms with Gasteiger partial charge in [0.15, 0.2) is 8.32 Å². The molecule has 0 aromatic heterocycles. The zero-order valence-corrected chi connectivity index (χ0v) is 18.7. The van der Waals surface area contributed by atoms with Crippen molar-refractivity contribution in [2.24, 2.45) is 0 Å². The molecule has 0 radical (unpaired) electrons. The Morgan fingerprint density at radius 3 is 2.16 bits per heavy atom. The van der Waals surface area contributed by atoms with E-state index in [9.17, 15) is 4.21 Å². The molecule has 1 aromatic rings. The van der Waals surface area contributed by atoms with Gasteiger partial charge in [-0.05, 0) is 56.1 Å². The highest BCUT2D eigenvalue weighted by Crippen LogP contribution is 2.28. The van der Waals surface area contributed by atoms with Crippen LogP contribution in [0.3, 0.4) is 0 Å². The Bertz CT molecular complexity index is 553. The van der Waals surface area contributed by atoms with Crippen molar-refractivity contribution in [3.05, 3.63) is 40.8 Å². The van der Waals surface area contributed by atoms with Gasteiger partial charge in [0, 0.05) is 10.3 Å².